The first-order valence-corrected chi connectivity index (χ1v) is 10.3. The van der Waals surface area contributed by atoms with Crippen molar-refractivity contribution in [3.05, 3.63) is 81.2 Å². The van der Waals surface area contributed by atoms with Crippen LogP contribution in [0.25, 0.3) is 24.3 Å². The Bertz CT molecular complexity index is 1190. The maximum Gasteiger partial charge on any atom is 0.231 e. The Morgan fingerprint density at radius 3 is 1.50 bits per heavy atom. The van der Waals surface area contributed by atoms with Gasteiger partial charge >= 0.3 is 0 Å². The number of fused-ring (bicyclic) bond motifs is 2. The molecule has 2 aliphatic heterocycles. The fraction of sp³-hybridized carbons (Fsp3) is 0.0833. The summed E-state index contributed by atoms with van der Waals surface area (Å²) in [5.41, 5.74) is 1.84. The molecule has 0 bridgehead atoms. The van der Waals surface area contributed by atoms with E-state index in [2.05, 4.69) is 0 Å². The minimum Gasteiger partial charge on any atom is -0.595 e. The van der Waals surface area contributed by atoms with Crippen molar-refractivity contribution in [1.82, 2.24) is 0 Å². The van der Waals surface area contributed by atoms with E-state index >= 15 is 0 Å². The van der Waals surface area contributed by atoms with Crippen LogP contribution in [0.4, 0.5) is 11.4 Å². The highest BCUT2D eigenvalue weighted by atomic mass is 16.8. The minimum atomic E-state index is -1.23. The van der Waals surface area contributed by atoms with Gasteiger partial charge < -0.3 is 29.4 Å². The number of nitrogens with one attached hydrogen (secondary N) is 2. The summed E-state index contributed by atoms with van der Waals surface area (Å²) in [5.74, 6) is 2.34. The van der Waals surface area contributed by atoms with Gasteiger partial charge in [-0.25, -0.2) is 10.4 Å². The summed E-state index contributed by atoms with van der Waals surface area (Å²) in [5, 5.41) is 40.7. The van der Waals surface area contributed by atoms with Gasteiger partial charge in [0.1, 0.15) is 0 Å². The van der Waals surface area contributed by atoms with Gasteiger partial charge in [-0.05, 0) is 30.4 Å². The maximum absolute atomic E-state index is 11.9. The SMILES string of the molecule is [O-][NH+](O)c1cc([NH+]([O-])O)c(C=Cc2cccc3c2OCO3)cc1C=Cc1cccc2c1OCO2. The molecule has 2 atom stereocenters. The van der Waals surface area contributed by atoms with Crippen LogP contribution in [0, 0.1) is 10.4 Å². The minimum absolute atomic E-state index is 0.112. The van der Waals surface area contributed by atoms with Crippen LogP contribution in [0.2, 0.25) is 0 Å². The summed E-state index contributed by atoms with van der Waals surface area (Å²) < 4.78 is 21.7. The topological polar surface area (TPSA) is 132 Å². The van der Waals surface area contributed by atoms with Gasteiger partial charge in [0.2, 0.25) is 13.6 Å². The van der Waals surface area contributed by atoms with Gasteiger partial charge in [-0.2, -0.15) is 10.5 Å². The fourth-order valence-electron chi connectivity index (χ4n) is 3.81. The molecule has 174 valence electrons. The molecule has 2 heterocycles. The Morgan fingerprint density at radius 2 is 1.06 bits per heavy atom. The molecule has 0 fully saturated rings. The molecule has 2 unspecified atom stereocenters. The predicted octanol–water partition coefficient (Wildman–Crippen LogP) is 2.29. The lowest BCUT2D eigenvalue weighted by atomic mass is 10.0. The molecule has 2 aliphatic rings. The van der Waals surface area contributed by atoms with E-state index in [1.807, 2.05) is 12.1 Å². The van der Waals surface area contributed by atoms with Gasteiger partial charge in [0.25, 0.3) is 0 Å². The van der Waals surface area contributed by atoms with Crippen LogP contribution in [0.15, 0.2) is 48.5 Å². The average molecular weight is 464 g/mol. The molecule has 3 aromatic carbocycles. The quantitative estimate of drug-likeness (QED) is 0.323. The molecule has 0 radical (unpaired) electrons. The first-order chi connectivity index (χ1) is 16.5. The van der Waals surface area contributed by atoms with Crippen molar-refractivity contribution in [2.75, 3.05) is 13.6 Å². The Hall–Kier alpha value is -3.90. The summed E-state index contributed by atoms with van der Waals surface area (Å²) >= 11 is 0. The molecular formula is C24H20N2O8. The molecule has 10 nitrogen and oxygen atoms in total. The molecule has 0 spiro atoms. The molecule has 0 aliphatic carbocycles. The summed E-state index contributed by atoms with van der Waals surface area (Å²) in [6, 6.07) is 13.5. The normalized spacial score (nSPS) is 15.9. The lowest BCUT2D eigenvalue weighted by molar-refractivity contribution is -0.996. The fourth-order valence-corrected chi connectivity index (χ4v) is 3.81. The third kappa shape index (κ3) is 4.20. The molecular weight excluding hydrogens is 444 g/mol. The third-order valence-corrected chi connectivity index (χ3v) is 5.42. The van der Waals surface area contributed by atoms with Crippen molar-refractivity contribution < 1.29 is 39.8 Å². The van der Waals surface area contributed by atoms with Crippen molar-refractivity contribution >= 4 is 35.7 Å². The van der Waals surface area contributed by atoms with Crippen LogP contribution in [-0.4, -0.2) is 24.0 Å². The zero-order chi connectivity index (χ0) is 23.7. The number of benzene rings is 3. The van der Waals surface area contributed by atoms with Gasteiger partial charge in [-0.15, -0.1) is 0 Å². The first-order valence-electron chi connectivity index (χ1n) is 10.3. The van der Waals surface area contributed by atoms with Crippen molar-refractivity contribution in [1.29, 1.82) is 0 Å². The van der Waals surface area contributed by atoms with Crippen LogP contribution in [0.5, 0.6) is 23.0 Å². The second kappa shape index (κ2) is 9.15. The number of hydrogen-bond acceptors (Lipinski definition) is 8. The van der Waals surface area contributed by atoms with Crippen molar-refractivity contribution in [3.8, 4) is 23.0 Å². The van der Waals surface area contributed by atoms with Gasteiger partial charge in [0.15, 0.2) is 34.4 Å². The number of ether oxygens (including phenoxy) is 4. The monoisotopic (exact) mass is 464 g/mol. The van der Waals surface area contributed by atoms with Gasteiger partial charge in [-0.3, -0.25) is 0 Å². The molecule has 0 saturated carbocycles. The van der Waals surface area contributed by atoms with Crippen LogP contribution in [-0.2, 0) is 0 Å². The number of para-hydroxylation sites is 2. The number of quaternary nitrogens is 2. The van der Waals surface area contributed by atoms with Crippen molar-refractivity contribution in [2.45, 2.75) is 0 Å². The molecule has 5 rings (SSSR count). The highest BCUT2D eigenvalue weighted by molar-refractivity contribution is 5.83. The van der Waals surface area contributed by atoms with Crippen LogP contribution in [0.1, 0.15) is 22.3 Å². The molecule has 10 heteroatoms. The lowest BCUT2D eigenvalue weighted by Gasteiger charge is -2.19. The van der Waals surface area contributed by atoms with E-state index in [4.69, 9.17) is 18.9 Å². The molecule has 0 amide bonds. The summed E-state index contributed by atoms with van der Waals surface area (Å²) in [6.07, 6.45) is 6.64. The Kier molecular flexibility index (Phi) is 5.90. The largest absolute Gasteiger partial charge is 0.595 e. The summed E-state index contributed by atoms with van der Waals surface area (Å²) in [4.78, 5) is 0. The van der Waals surface area contributed by atoms with E-state index in [9.17, 15) is 20.8 Å². The van der Waals surface area contributed by atoms with E-state index in [-0.39, 0.29) is 25.0 Å². The van der Waals surface area contributed by atoms with Crippen LogP contribution in [0.3, 0.4) is 0 Å². The zero-order valence-corrected chi connectivity index (χ0v) is 17.7. The van der Waals surface area contributed by atoms with E-state index in [0.29, 0.717) is 45.3 Å². The maximum atomic E-state index is 11.9. The highest BCUT2D eigenvalue weighted by Gasteiger charge is 2.20. The Labute approximate surface area is 193 Å². The van der Waals surface area contributed by atoms with E-state index in [1.165, 1.54) is 6.07 Å². The molecule has 34 heavy (non-hydrogen) atoms. The van der Waals surface area contributed by atoms with E-state index in [1.54, 1.807) is 48.6 Å². The summed E-state index contributed by atoms with van der Waals surface area (Å²) in [7, 11) is 0. The van der Waals surface area contributed by atoms with Crippen LogP contribution >= 0.6 is 0 Å². The lowest BCUT2D eigenvalue weighted by Crippen LogP contribution is -3.01. The van der Waals surface area contributed by atoms with Crippen molar-refractivity contribution in [3.63, 3.8) is 0 Å². The second-order valence-corrected chi connectivity index (χ2v) is 7.47. The molecule has 0 saturated heterocycles. The first kappa shape index (κ1) is 21.9. The van der Waals surface area contributed by atoms with Crippen molar-refractivity contribution in [2.24, 2.45) is 0 Å². The zero-order valence-electron chi connectivity index (χ0n) is 17.7. The van der Waals surface area contributed by atoms with Crippen LogP contribution < -0.4 is 29.4 Å². The number of hydrogen-bond donors (Lipinski definition) is 4. The van der Waals surface area contributed by atoms with Gasteiger partial charge in [0.05, 0.1) is 6.07 Å². The van der Waals surface area contributed by atoms with E-state index in [0.717, 1.165) is 6.07 Å². The average Bonchev–Trinajstić information content (AvgIpc) is 3.50. The predicted molar refractivity (Wildman–Crippen MR) is 121 cm³/mol. The molecule has 0 aromatic heterocycles. The third-order valence-electron chi connectivity index (χ3n) is 5.42. The van der Waals surface area contributed by atoms with Gasteiger partial charge in [-0.1, -0.05) is 36.4 Å². The Balaban J connectivity index is 1.55. The Morgan fingerprint density at radius 1 is 0.618 bits per heavy atom. The number of rotatable bonds is 6. The summed E-state index contributed by atoms with van der Waals surface area (Å²) in [6.45, 7) is 0.224. The standard InChI is InChI=1S/C24H20N2O8/c27-25(28)19-12-20(26(29)30)18(10-8-16-4-2-6-22-24(16)34-14-32-22)11-17(19)9-7-15-3-1-5-21-23(15)33-13-31-21/h1-12,25-27,29H,13-14H2. The molecule has 3 aromatic rings. The van der Waals surface area contributed by atoms with E-state index < -0.39 is 10.5 Å². The smallest absolute Gasteiger partial charge is 0.231 e. The highest BCUT2D eigenvalue weighted by Crippen LogP contribution is 2.38. The second-order valence-electron chi connectivity index (χ2n) is 7.47. The van der Waals surface area contributed by atoms with Gasteiger partial charge in [0, 0.05) is 22.3 Å². The molecule has 4 N–H and O–H groups in total.